The van der Waals surface area contributed by atoms with Gasteiger partial charge in [-0.15, -0.1) is 11.3 Å². The van der Waals surface area contributed by atoms with Crippen molar-refractivity contribution in [2.24, 2.45) is 12.8 Å². The number of carbonyl (C=O) groups excluding carboxylic acids is 1. The van der Waals surface area contributed by atoms with E-state index in [1.54, 1.807) is 16.0 Å². The highest BCUT2D eigenvalue weighted by Crippen LogP contribution is 2.44. The molecular formula is C17H23N5OS. The standard InChI is InChI=1S/C17H23N5OS/c1-9-15(7-22(2)21-9)20-17(23)10-3-16(24-8-10)13-6-14(13)19-12-4-11(18)5-12/h3,7-8,11-14,19H,4-6,18H2,1-2H3,(H,20,23). The molecule has 128 valence electrons. The summed E-state index contributed by atoms with van der Waals surface area (Å²) in [6.07, 6.45) is 5.16. The van der Waals surface area contributed by atoms with Gasteiger partial charge in [-0.25, -0.2) is 0 Å². The molecule has 2 atom stereocenters. The van der Waals surface area contributed by atoms with Crippen molar-refractivity contribution >= 4 is 22.9 Å². The van der Waals surface area contributed by atoms with Gasteiger partial charge in [-0.3, -0.25) is 9.48 Å². The van der Waals surface area contributed by atoms with Crippen molar-refractivity contribution in [3.05, 3.63) is 33.8 Å². The molecule has 0 aromatic carbocycles. The number of anilines is 1. The van der Waals surface area contributed by atoms with Crippen LogP contribution < -0.4 is 16.4 Å². The van der Waals surface area contributed by atoms with E-state index < -0.39 is 0 Å². The first-order valence-electron chi connectivity index (χ1n) is 8.41. The third-order valence-corrected chi connectivity index (χ3v) is 5.99. The maximum absolute atomic E-state index is 12.4. The summed E-state index contributed by atoms with van der Waals surface area (Å²) >= 11 is 1.68. The predicted octanol–water partition coefficient (Wildman–Crippen LogP) is 1.98. The van der Waals surface area contributed by atoms with E-state index in [4.69, 9.17) is 5.73 Å². The summed E-state index contributed by atoms with van der Waals surface area (Å²) in [5.74, 6) is 0.484. The zero-order chi connectivity index (χ0) is 16.8. The van der Waals surface area contributed by atoms with E-state index in [0.29, 0.717) is 24.0 Å². The molecule has 2 aromatic heterocycles. The molecule has 2 heterocycles. The van der Waals surface area contributed by atoms with Crippen LogP contribution in [0, 0.1) is 6.92 Å². The Bertz CT molecular complexity index is 761. The van der Waals surface area contributed by atoms with Crippen molar-refractivity contribution in [1.29, 1.82) is 0 Å². The lowest BCUT2D eigenvalue weighted by atomic mass is 9.87. The Kier molecular flexibility index (Phi) is 3.94. The van der Waals surface area contributed by atoms with Crippen LogP contribution in [0.5, 0.6) is 0 Å². The third kappa shape index (κ3) is 3.11. The number of nitrogens with zero attached hydrogens (tertiary/aromatic N) is 2. The number of carbonyl (C=O) groups is 1. The zero-order valence-corrected chi connectivity index (χ0v) is 14.8. The molecule has 1 amide bonds. The van der Waals surface area contributed by atoms with Gasteiger partial charge in [-0.2, -0.15) is 5.10 Å². The Morgan fingerprint density at radius 1 is 1.42 bits per heavy atom. The predicted molar refractivity (Wildman–Crippen MR) is 95.5 cm³/mol. The second kappa shape index (κ2) is 5.98. The van der Waals surface area contributed by atoms with E-state index in [1.807, 2.05) is 31.6 Å². The average molecular weight is 345 g/mol. The van der Waals surface area contributed by atoms with Crippen molar-refractivity contribution < 1.29 is 4.79 Å². The number of thiophene rings is 1. The molecule has 2 aliphatic rings. The van der Waals surface area contributed by atoms with Crippen LogP contribution in [0.15, 0.2) is 17.6 Å². The van der Waals surface area contributed by atoms with E-state index in [-0.39, 0.29) is 5.91 Å². The Morgan fingerprint density at radius 3 is 2.88 bits per heavy atom. The SMILES string of the molecule is Cc1nn(C)cc1NC(=O)c1csc(C2CC2NC2CC(N)C2)c1. The Balaban J connectivity index is 1.35. The van der Waals surface area contributed by atoms with Gasteiger partial charge < -0.3 is 16.4 Å². The summed E-state index contributed by atoms with van der Waals surface area (Å²) in [6.45, 7) is 1.89. The first-order chi connectivity index (χ1) is 11.5. The van der Waals surface area contributed by atoms with Gasteiger partial charge in [0.25, 0.3) is 5.91 Å². The molecule has 2 aliphatic carbocycles. The summed E-state index contributed by atoms with van der Waals surface area (Å²) in [6, 6.07) is 3.56. The van der Waals surface area contributed by atoms with Crippen LogP contribution in [-0.4, -0.2) is 33.8 Å². The van der Waals surface area contributed by atoms with Gasteiger partial charge in [-0.1, -0.05) is 0 Å². The summed E-state index contributed by atoms with van der Waals surface area (Å²) in [7, 11) is 1.85. The van der Waals surface area contributed by atoms with E-state index in [2.05, 4.69) is 15.7 Å². The molecule has 0 saturated heterocycles. The molecule has 2 saturated carbocycles. The maximum atomic E-state index is 12.4. The van der Waals surface area contributed by atoms with Crippen LogP contribution in [0.25, 0.3) is 0 Å². The number of amides is 1. The second-order valence-electron chi connectivity index (χ2n) is 7.04. The van der Waals surface area contributed by atoms with Gasteiger partial charge in [0.15, 0.2) is 0 Å². The molecule has 2 aromatic rings. The fraction of sp³-hybridized carbons (Fsp3) is 0.529. The van der Waals surface area contributed by atoms with Gasteiger partial charge in [0.2, 0.25) is 0 Å². The van der Waals surface area contributed by atoms with Gasteiger partial charge in [0.05, 0.1) is 16.9 Å². The number of nitrogens with two attached hydrogens (primary N) is 1. The molecule has 0 aliphatic heterocycles. The van der Waals surface area contributed by atoms with Crippen LogP contribution in [0.1, 0.15) is 46.1 Å². The number of hydrogen-bond acceptors (Lipinski definition) is 5. The highest BCUT2D eigenvalue weighted by atomic mass is 32.1. The quantitative estimate of drug-likeness (QED) is 0.773. The fourth-order valence-electron chi connectivity index (χ4n) is 3.38. The summed E-state index contributed by atoms with van der Waals surface area (Å²) in [5.41, 5.74) is 8.16. The Labute approximate surface area is 145 Å². The molecule has 2 fully saturated rings. The van der Waals surface area contributed by atoms with Crippen LogP contribution in [0.4, 0.5) is 5.69 Å². The monoisotopic (exact) mass is 345 g/mol. The molecule has 24 heavy (non-hydrogen) atoms. The van der Waals surface area contributed by atoms with Crippen molar-refractivity contribution in [2.75, 3.05) is 5.32 Å². The van der Waals surface area contributed by atoms with E-state index in [0.717, 1.165) is 36.2 Å². The minimum Gasteiger partial charge on any atom is -0.328 e. The molecule has 7 heteroatoms. The molecule has 0 radical (unpaired) electrons. The number of nitrogens with one attached hydrogen (secondary N) is 2. The van der Waals surface area contributed by atoms with Gasteiger partial charge in [0.1, 0.15) is 0 Å². The number of aromatic nitrogens is 2. The number of hydrogen-bond donors (Lipinski definition) is 3. The van der Waals surface area contributed by atoms with Crippen LogP contribution in [0.3, 0.4) is 0 Å². The first-order valence-corrected chi connectivity index (χ1v) is 9.29. The summed E-state index contributed by atoms with van der Waals surface area (Å²) in [4.78, 5) is 13.7. The van der Waals surface area contributed by atoms with Gasteiger partial charge in [0, 0.05) is 47.5 Å². The van der Waals surface area contributed by atoms with Crippen molar-refractivity contribution in [1.82, 2.24) is 15.1 Å². The van der Waals surface area contributed by atoms with E-state index >= 15 is 0 Å². The number of aryl methyl sites for hydroxylation is 2. The van der Waals surface area contributed by atoms with Crippen molar-refractivity contribution in [2.45, 2.75) is 50.2 Å². The summed E-state index contributed by atoms with van der Waals surface area (Å²) in [5, 5.41) is 12.8. The van der Waals surface area contributed by atoms with Crippen LogP contribution >= 0.6 is 11.3 Å². The molecular weight excluding hydrogens is 322 g/mol. The fourth-order valence-corrected chi connectivity index (χ4v) is 4.45. The topological polar surface area (TPSA) is 85.0 Å². The minimum absolute atomic E-state index is 0.0660. The normalized spacial score (nSPS) is 28.5. The lowest BCUT2D eigenvalue weighted by Crippen LogP contribution is -2.49. The average Bonchev–Trinajstić information content (AvgIpc) is 2.95. The largest absolute Gasteiger partial charge is 0.328 e. The van der Waals surface area contributed by atoms with Gasteiger partial charge >= 0.3 is 0 Å². The molecule has 4 rings (SSSR count). The first kappa shape index (κ1) is 15.8. The smallest absolute Gasteiger partial charge is 0.256 e. The molecule has 2 unspecified atom stereocenters. The van der Waals surface area contributed by atoms with Crippen molar-refractivity contribution in [3.8, 4) is 0 Å². The third-order valence-electron chi connectivity index (χ3n) is 4.92. The minimum atomic E-state index is -0.0660. The van der Waals surface area contributed by atoms with Crippen LogP contribution in [0.2, 0.25) is 0 Å². The van der Waals surface area contributed by atoms with E-state index in [1.165, 1.54) is 4.88 Å². The molecule has 0 bridgehead atoms. The maximum Gasteiger partial charge on any atom is 0.256 e. The second-order valence-corrected chi connectivity index (χ2v) is 7.98. The highest BCUT2D eigenvalue weighted by molar-refractivity contribution is 7.10. The summed E-state index contributed by atoms with van der Waals surface area (Å²) < 4.78 is 1.71. The van der Waals surface area contributed by atoms with Crippen molar-refractivity contribution in [3.63, 3.8) is 0 Å². The highest BCUT2D eigenvalue weighted by Gasteiger charge is 2.42. The lowest BCUT2D eigenvalue weighted by Gasteiger charge is -2.33. The molecule has 4 N–H and O–H groups in total. The lowest BCUT2D eigenvalue weighted by molar-refractivity contribution is 0.102. The Hall–Kier alpha value is -1.70. The zero-order valence-electron chi connectivity index (χ0n) is 14.0. The van der Waals surface area contributed by atoms with Gasteiger partial charge in [-0.05, 0) is 32.3 Å². The molecule has 0 spiro atoms. The number of rotatable bonds is 5. The van der Waals surface area contributed by atoms with Crippen LogP contribution in [-0.2, 0) is 7.05 Å². The Morgan fingerprint density at radius 2 is 2.21 bits per heavy atom. The van der Waals surface area contributed by atoms with E-state index in [9.17, 15) is 4.79 Å². The molecule has 6 nitrogen and oxygen atoms in total.